The fraction of sp³-hybridized carbons (Fsp3) is 0.143. The first-order valence-electron chi connectivity index (χ1n) is 11.1. The van der Waals surface area contributed by atoms with Crippen molar-refractivity contribution in [2.24, 2.45) is 0 Å². The van der Waals surface area contributed by atoms with E-state index in [-0.39, 0.29) is 17.9 Å². The van der Waals surface area contributed by atoms with Crippen molar-refractivity contribution in [1.82, 2.24) is 0 Å². The summed E-state index contributed by atoms with van der Waals surface area (Å²) in [6, 6.07) is 23.2. The van der Waals surface area contributed by atoms with E-state index in [1.807, 2.05) is 30.3 Å². The Kier molecular flexibility index (Phi) is 7.55. The third-order valence-corrected chi connectivity index (χ3v) is 5.49. The highest BCUT2D eigenvalue weighted by Crippen LogP contribution is 2.31. The van der Waals surface area contributed by atoms with E-state index in [9.17, 15) is 9.59 Å². The summed E-state index contributed by atoms with van der Waals surface area (Å²) in [5, 5.41) is 7.36. The van der Waals surface area contributed by atoms with Gasteiger partial charge in [0.2, 0.25) is 0 Å². The Morgan fingerprint density at radius 2 is 1.33 bits per heavy atom. The molecule has 0 aliphatic heterocycles. The lowest BCUT2D eigenvalue weighted by atomic mass is 10.1. The summed E-state index contributed by atoms with van der Waals surface area (Å²) >= 11 is 0. The molecular formula is C28H26N2O6. The van der Waals surface area contributed by atoms with Crippen LogP contribution in [0.25, 0.3) is 10.8 Å². The van der Waals surface area contributed by atoms with Gasteiger partial charge in [-0.3, -0.25) is 9.59 Å². The van der Waals surface area contributed by atoms with E-state index in [0.29, 0.717) is 28.6 Å². The number of hydrogen-bond donors (Lipinski definition) is 2. The van der Waals surface area contributed by atoms with Gasteiger partial charge in [0.05, 0.1) is 38.3 Å². The number of nitrogens with one attached hydrogen (secondary N) is 2. The number of anilines is 2. The zero-order chi connectivity index (χ0) is 25.5. The molecule has 0 saturated carbocycles. The minimum absolute atomic E-state index is 0.276. The number of hydrogen-bond acceptors (Lipinski definition) is 6. The lowest BCUT2D eigenvalue weighted by molar-refractivity contribution is -0.118. The third kappa shape index (κ3) is 5.50. The number of ether oxygens (including phenoxy) is 4. The molecule has 0 aromatic heterocycles. The van der Waals surface area contributed by atoms with Gasteiger partial charge in [-0.05, 0) is 47.2 Å². The van der Waals surface area contributed by atoms with Crippen molar-refractivity contribution in [3.05, 3.63) is 84.4 Å². The molecule has 8 nitrogen and oxygen atoms in total. The monoisotopic (exact) mass is 486 g/mol. The zero-order valence-electron chi connectivity index (χ0n) is 20.2. The van der Waals surface area contributed by atoms with E-state index in [1.54, 1.807) is 55.6 Å². The molecule has 0 atom stereocenters. The molecule has 4 rings (SSSR count). The van der Waals surface area contributed by atoms with Crippen LogP contribution in [-0.2, 0) is 4.79 Å². The molecule has 184 valence electrons. The lowest BCUT2D eigenvalue weighted by Crippen LogP contribution is -2.22. The predicted octanol–water partition coefficient (Wildman–Crippen LogP) is 5.14. The van der Waals surface area contributed by atoms with Crippen LogP contribution in [0.3, 0.4) is 0 Å². The fourth-order valence-electron chi connectivity index (χ4n) is 3.69. The van der Waals surface area contributed by atoms with Crippen LogP contribution >= 0.6 is 0 Å². The molecule has 8 heteroatoms. The maximum Gasteiger partial charge on any atom is 0.262 e. The Bertz CT molecular complexity index is 1400. The van der Waals surface area contributed by atoms with Gasteiger partial charge in [-0.2, -0.15) is 0 Å². The molecule has 0 aliphatic rings. The summed E-state index contributed by atoms with van der Waals surface area (Å²) in [6.45, 7) is -0.317. The van der Waals surface area contributed by atoms with E-state index in [2.05, 4.69) is 10.6 Å². The maximum absolute atomic E-state index is 13.3. The van der Waals surface area contributed by atoms with Crippen LogP contribution in [0.5, 0.6) is 23.0 Å². The molecule has 0 heterocycles. The topological polar surface area (TPSA) is 95.1 Å². The van der Waals surface area contributed by atoms with Crippen LogP contribution in [0.15, 0.2) is 78.9 Å². The van der Waals surface area contributed by atoms with Crippen molar-refractivity contribution in [3.63, 3.8) is 0 Å². The van der Waals surface area contributed by atoms with Gasteiger partial charge in [-0.15, -0.1) is 0 Å². The van der Waals surface area contributed by atoms with Crippen molar-refractivity contribution in [2.75, 3.05) is 38.6 Å². The average Bonchev–Trinajstić information content (AvgIpc) is 2.91. The van der Waals surface area contributed by atoms with Crippen LogP contribution in [0.2, 0.25) is 0 Å². The molecule has 2 N–H and O–H groups in total. The van der Waals surface area contributed by atoms with E-state index in [1.165, 1.54) is 14.2 Å². The SMILES string of the molecule is COc1ccc(NC(=O)COc2cc3ccccc3cc2C(=O)Nc2ccccc2OC)c(OC)c1. The summed E-state index contributed by atoms with van der Waals surface area (Å²) < 4.78 is 21.7. The summed E-state index contributed by atoms with van der Waals surface area (Å²) in [6.07, 6.45) is 0. The number of methoxy groups -OCH3 is 3. The van der Waals surface area contributed by atoms with Crippen LogP contribution in [-0.4, -0.2) is 39.8 Å². The molecule has 0 fully saturated rings. The number of rotatable bonds is 9. The van der Waals surface area contributed by atoms with Crippen molar-refractivity contribution >= 4 is 34.0 Å². The van der Waals surface area contributed by atoms with Crippen LogP contribution < -0.4 is 29.6 Å². The molecule has 0 bridgehead atoms. The molecular weight excluding hydrogens is 460 g/mol. The minimum atomic E-state index is -0.414. The van der Waals surface area contributed by atoms with Gasteiger partial charge in [0, 0.05) is 6.07 Å². The molecule has 0 radical (unpaired) electrons. The molecule has 4 aromatic carbocycles. The highest BCUT2D eigenvalue weighted by atomic mass is 16.5. The molecule has 2 amide bonds. The molecule has 36 heavy (non-hydrogen) atoms. The maximum atomic E-state index is 13.3. The Hall–Kier alpha value is -4.72. The Morgan fingerprint density at radius 1 is 0.667 bits per heavy atom. The minimum Gasteiger partial charge on any atom is -0.497 e. The van der Waals surface area contributed by atoms with Crippen LogP contribution in [0.4, 0.5) is 11.4 Å². The number of fused-ring (bicyclic) bond motifs is 1. The van der Waals surface area contributed by atoms with Gasteiger partial charge < -0.3 is 29.6 Å². The number of carbonyl (C=O) groups excluding carboxylic acids is 2. The van der Waals surface area contributed by atoms with E-state index in [4.69, 9.17) is 18.9 Å². The number of benzene rings is 4. The highest BCUT2D eigenvalue weighted by molar-refractivity contribution is 6.09. The second-order valence-corrected chi connectivity index (χ2v) is 7.75. The van der Waals surface area contributed by atoms with Gasteiger partial charge in [0.25, 0.3) is 11.8 Å². The van der Waals surface area contributed by atoms with Gasteiger partial charge in [-0.25, -0.2) is 0 Å². The molecule has 0 spiro atoms. The quantitative estimate of drug-likeness (QED) is 0.340. The normalized spacial score (nSPS) is 10.4. The Morgan fingerprint density at radius 3 is 2.06 bits per heavy atom. The van der Waals surface area contributed by atoms with E-state index >= 15 is 0 Å². The molecule has 0 unspecified atom stereocenters. The fourth-order valence-corrected chi connectivity index (χ4v) is 3.69. The first-order chi connectivity index (χ1) is 17.5. The average molecular weight is 487 g/mol. The molecule has 0 saturated heterocycles. The lowest BCUT2D eigenvalue weighted by Gasteiger charge is -2.15. The van der Waals surface area contributed by atoms with Crippen molar-refractivity contribution in [3.8, 4) is 23.0 Å². The third-order valence-electron chi connectivity index (χ3n) is 5.49. The standard InChI is InChI=1S/C28H26N2O6/c1-33-20-12-13-23(26(16-20)35-3)29-27(31)17-36-25-15-19-9-5-4-8-18(19)14-21(25)28(32)30-22-10-6-7-11-24(22)34-2/h4-16H,17H2,1-3H3,(H,29,31)(H,30,32). The van der Waals surface area contributed by atoms with Gasteiger partial charge >= 0.3 is 0 Å². The molecule has 0 aliphatic carbocycles. The summed E-state index contributed by atoms with van der Waals surface area (Å²) in [5.74, 6) is 1.05. The first-order valence-corrected chi connectivity index (χ1v) is 11.1. The van der Waals surface area contributed by atoms with Crippen molar-refractivity contribution in [2.45, 2.75) is 0 Å². The first kappa shape index (κ1) is 24.4. The Labute approximate surface area is 208 Å². The number of para-hydroxylation sites is 2. The van der Waals surface area contributed by atoms with Gasteiger partial charge in [0.1, 0.15) is 23.0 Å². The van der Waals surface area contributed by atoms with Crippen LogP contribution in [0, 0.1) is 0 Å². The Balaban J connectivity index is 1.56. The second kappa shape index (κ2) is 11.1. The van der Waals surface area contributed by atoms with Gasteiger partial charge in [-0.1, -0.05) is 36.4 Å². The van der Waals surface area contributed by atoms with E-state index < -0.39 is 11.8 Å². The second-order valence-electron chi connectivity index (χ2n) is 7.75. The predicted molar refractivity (Wildman–Crippen MR) is 139 cm³/mol. The summed E-state index contributed by atoms with van der Waals surface area (Å²) in [5.41, 5.74) is 1.28. The molecule has 4 aromatic rings. The number of amides is 2. The van der Waals surface area contributed by atoms with E-state index in [0.717, 1.165) is 10.8 Å². The largest absolute Gasteiger partial charge is 0.497 e. The highest BCUT2D eigenvalue weighted by Gasteiger charge is 2.18. The van der Waals surface area contributed by atoms with Crippen molar-refractivity contribution < 1.29 is 28.5 Å². The van der Waals surface area contributed by atoms with Crippen LogP contribution in [0.1, 0.15) is 10.4 Å². The zero-order valence-corrected chi connectivity index (χ0v) is 20.2. The number of carbonyl (C=O) groups is 2. The summed E-state index contributed by atoms with van der Waals surface area (Å²) in [7, 11) is 4.58. The smallest absolute Gasteiger partial charge is 0.262 e. The van der Waals surface area contributed by atoms with Crippen molar-refractivity contribution in [1.29, 1.82) is 0 Å². The van der Waals surface area contributed by atoms with Gasteiger partial charge in [0.15, 0.2) is 6.61 Å². The summed E-state index contributed by atoms with van der Waals surface area (Å²) in [4.78, 5) is 25.9.